The van der Waals surface area contributed by atoms with Crippen LogP contribution in [-0.4, -0.2) is 39.6 Å². The number of likely N-dealkylation sites (tertiary alicyclic amines) is 1. The predicted molar refractivity (Wildman–Crippen MR) is 103 cm³/mol. The van der Waals surface area contributed by atoms with Crippen molar-refractivity contribution in [1.29, 1.82) is 0 Å². The molecule has 2 aliphatic rings. The van der Waals surface area contributed by atoms with Crippen molar-refractivity contribution in [3.8, 4) is 5.69 Å². The van der Waals surface area contributed by atoms with Crippen LogP contribution in [0.15, 0.2) is 24.4 Å². The number of primary amides is 1. The van der Waals surface area contributed by atoms with Gasteiger partial charge >= 0.3 is 0 Å². The number of nitrogens with zero attached hydrogens (tertiary/aromatic N) is 3. The minimum Gasteiger partial charge on any atom is -0.369 e. The smallest absolute Gasteiger partial charge is 0.257 e. The van der Waals surface area contributed by atoms with Crippen LogP contribution in [0.3, 0.4) is 0 Å². The van der Waals surface area contributed by atoms with Crippen molar-refractivity contribution in [1.82, 2.24) is 14.7 Å². The highest BCUT2D eigenvalue weighted by Gasteiger charge is 2.35. The fourth-order valence-electron chi connectivity index (χ4n) is 3.73. The van der Waals surface area contributed by atoms with Crippen LogP contribution in [-0.2, 0) is 4.79 Å². The Morgan fingerprint density at radius 3 is 2.48 bits per heavy atom. The van der Waals surface area contributed by atoms with E-state index >= 15 is 0 Å². The topological polar surface area (TPSA) is 81.2 Å². The lowest BCUT2D eigenvalue weighted by Gasteiger charge is -2.30. The van der Waals surface area contributed by atoms with Gasteiger partial charge in [-0.25, -0.2) is 4.68 Å². The zero-order chi connectivity index (χ0) is 19.1. The summed E-state index contributed by atoms with van der Waals surface area (Å²) in [5, 5.41) is 5.20. The van der Waals surface area contributed by atoms with Crippen molar-refractivity contribution in [3.05, 3.63) is 46.2 Å². The van der Waals surface area contributed by atoms with Crippen molar-refractivity contribution in [2.75, 3.05) is 13.1 Å². The quantitative estimate of drug-likeness (QED) is 0.876. The van der Waals surface area contributed by atoms with Gasteiger partial charge in [-0.3, -0.25) is 9.59 Å². The van der Waals surface area contributed by atoms with Crippen LogP contribution >= 0.6 is 11.6 Å². The molecule has 2 amide bonds. The van der Waals surface area contributed by atoms with Crippen LogP contribution in [0.4, 0.5) is 0 Å². The molecule has 2 N–H and O–H groups in total. The zero-order valence-electron chi connectivity index (χ0n) is 15.3. The molecule has 1 saturated heterocycles. The molecule has 1 aliphatic carbocycles. The third-order valence-corrected chi connectivity index (χ3v) is 5.99. The van der Waals surface area contributed by atoms with E-state index in [1.807, 2.05) is 34.7 Å². The first-order valence-electron chi connectivity index (χ1n) is 9.38. The second-order valence-electron chi connectivity index (χ2n) is 7.53. The number of aromatic nitrogens is 2. The van der Waals surface area contributed by atoms with Crippen molar-refractivity contribution < 1.29 is 9.59 Å². The van der Waals surface area contributed by atoms with E-state index in [-0.39, 0.29) is 17.7 Å². The molecule has 2 heterocycles. The van der Waals surface area contributed by atoms with E-state index in [9.17, 15) is 9.59 Å². The number of benzene rings is 1. The Labute approximate surface area is 163 Å². The second-order valence-corrected chi connectivity index (χ2v) is 7.94. The Morgan fingerprint density at radius 2 is 1.89 bits per heavy atom. The van der Waals surface area contributed by atoms with Gasteiger partial charge in [0, 0.05) is 29.9 Å². The zero-order valence-corrected chi connectivity index (χ0v) is 16.1. The summed E-state index contributed by atoms with van der Waals surface area (Å²) in [7, 11) is 0. The van der Waals surface area contributed by atoms with Gasteiger partial charge in [0.1, 0.15) is 0 Å². The Balaban J connectivity index is 1.62. The molecular formula is C20H23ClN4O2. The largest absolute Gasteiger partial charge is 0.369 e. The highest BCUT2D eigenvalue weighted by Crippen LogP contribution is 2.43. The van der Waals surface area contributed by atoms with E-state index in [1.54, 1.807) is 6.20 Å². The van der Waals surface area contributed by atoms with Crippen molar-refractivity contribution >= 4 is 23.4 Å². The van der Waals surface area contributed by atoms with Gasteiger partial charge in [0.05, 0.1) is 23.1 Å². The SMILES string of the molecule is Cc1ccc(-n2ncc(C(=O)N3CCC(C(N)=O)CC3)c2C2CC2)cc1Cl. The molecule has 6 nitrogen and oxygen atoms in total. The molecule has 0 atom stereocenters. The first-order valence-corrected chi connectivity index (χ1v) is 9.76. The molecule has 1 aromatic carbocycles. The lowest BCUT2D eigenvalue weighted by Crippen LogP contribution is -2.41. The Kier molecular flexibility index (Phi) is 4.68. The van der Waals surface area contributed by atoms with E-state index in [0.717, 1.165) is 29.8 Å². The first-order chi connectivity index (χ1) is 13.0. The van der Waals surface area contributed by atoms with Crippen molar-refractivity contribution in [3.63, 3.8) is 0 Å². The lowest BCUT2D eigenvalue weighted by atomic mass is 9.96. The molecule has 2 fully saturated rings. The number of carbonyl (C=O) groups excluding carboxylic acids is 2. The maximum absolute atomic E-state index is 13.1. The summed E-state index contributed by atoms with van der Waals surface area (Å²) in [6.07, 6.45) is 5.05. The Hall–Kier alpha value is -2.34. The number of carbonyl (C=O) groups is 2. The minimum absolute atomic E-state index is 0.00993. The van der Waals surface area contributed by atoms with E-state index in [4.69, 9.17) is 17.3 Å². The van der Waals surface area contributed by atoms with Gasteiger partial charge in [0.2, 0.25) is 5.91 Å². The number of hydrogen-bond donors (Lipinski definition) is 1. The number of piperidine rings is 1. The summed E-state index contributed by atoms with van der Waals surface area (Å²) in [5.41, 5.74) is 8.91. The fourth-order valence-corrected chi connectivity index (χ4v) is 3.90. The fraction of sp³-hybridized carbons (Fsp3) is 0.450. The van der Waals surface area contributed by atoms with Gasteiger partial charge in [-0.05, 0) is 50.3 Å². The number of rotatable bonds is 4. The maximum atomic E-state index is 13.1. The normalized spacial score (nSPS) is 17.9. The second kappa shape index (κ2) is 7.00. The molecule has 0 radical (unpaired) electrons. The third kappa shape index (κ3) is 3.46. The Bertz CT molecular complexity index is 895. The number of hydrogen-bond acceptors (Lipinski definition) is 3. The van der Waals surface area contributed by atoms with Crippen molar-refractivity contribution in [2.45, 2.75) is 38.5 Å². The summed E-state index contributed by atoms with van der Waals surface area (Å²) in [6, 6.07) is 5.83. The summed E-state index contributed by atoms with van der Waals surface area (Å²) in [5.74, 6) is -0.0572. The van der Waals surface area contributed by atoms with Gasteiger partial charge in [-0.15, -0.1) is 0 Å². The van der Waals surface area contributed by atoms with Gasteiger partial charge < -0.3 is 10.6 Å². The van der Waals surface area contributed by atoms with Crippen molar-refractivity contribution in [2.24, 2.45) is 11.7 Å². The van der Waals surface area contributed by atoms with E-state index < -0.39 is 0 Å². The molecule has 0 bridgehead atoms. The molecule has 7 heteroatoms. The summed E-state index contributed by atoms with van der Waals surface area (Å²) >= 11 is 6.29. The van der Waals surface area contributed by atoms with Gasteiger partial charge in [-0.1, -0.05) is 17.7 Å². The van der Waals surface area contributed by atoms with Crippen LogP contribution < -0.4 is 5.73 Å². The van der Waals surface area contributed by atoms with Crippen LogP contribution in [0.25, 0.3) is 5.69 Å². The van der Waals surface area contributed by atoms with E-state index in [2.05, 4.69) is 5.10 Å². The van der Waals surface area contributed by atoms with Crippen LogP contribution in [0.1, 0.15) is 53.2 Å². The van der Waals surface area contributed by atoms with Crippen LogP contribution in [0.2, 0.25) is 5.02 Å². The molecule has 1 aromatic heterocycles. The molecule has 27 heavy (non-hydrogen) atoms. The maximum Gasteiger partial charge on any atom is 0.257 e. The highest BCUT2D eigenvalue weighted by molar-refractivity contribution is 6.31. The van der Waals surface area contributed by atoms with E-state index in [0.29, 0.717) is 42.4 Å². The summed E-state index contributed by atoms with van der Waals surface area (Å²) in [6.45, 7) is 3.07. The molecule has 142 valence electrons. The number of halogens is 1. The van der Waals surface area contributed by atoms with E-state index in [1.165, 1.54) is 0 Å². The molecule has 0 spiro atoms. The summed E-state index contributed by atoms with van der Waals surface area (Å²) in [4.78, 5) is 26.3. The first kappa shape index (κ1) is 18.0. The number of nitrogens with two attached hydrogens (primary N) is 1. The molecule has 0 unspecified atom stereocenters. The monoisotopic (exact) mass is 386 g/mol. The molecule has 1 saturated carbocycles. The average molecular weight is 387 g/mol. The average Bonchev–Trinajstić information content (AvgIpc) is 3.41. The number of amides is 2. The van der Waals surface area contributed by atoms with Crippen LogP contribution in [0, 0.1) is 12.8 Å². The molecule has 2 aromatic rings. The van der Waals surface area contributed by atoms with Crippen LogP contribution in [0.5, 0.6) is 0 Å². The standard InChI is InChI=1S/C20H23ClN4O2/c1-12-2-5-15(10-17(12)21)25-18(13-3-4-13)16(11-23-25)20(27)24-8-6-14(7-9-24)19(22)26/h2,5,10-11,13-14H,3-4,6-9H2,1H3,(H2,22,26). The number of aryl methyl sites for hydroxylation is 1. The third-order valence-electron chi connectivity index (χ3n) is 5.59. The predicted octanol–water partition coefficient (Wildman–Crippen LogP) is 3.05. The molecular weight excluding hydrogens is 364 g/mol. The Morgan fingerprint density at radius 1 is 1.19 bits per heavy atom. The summed E-state index contributed by atoms with van der Waals surface area (Å²) < 4.78 is 1.85. The van der Waals surface area contributed by atoms with Gasteiger partial charge in [0.25, 0.3) is 5.91 Å². The highest BCUT2D eigenvalue weighted by atomic mass is 35.5. The minimum atomic E-state index is -0.273. The molecule has 4 rings (SSSR count). The van der Waals surface area contributed by atoms with Gasteiger partial charge in [-0.2, -0.15) is 5.10 Å². The molecule has 1 aliphatic heterocycles. The lowest BCUT2D eigenvalue weighted by molar-refractivity contribution is -0.123. The van der Waals surface area contributed by atoms with Gasteiger partial charge in [0.15, 0.2) is 0 Å².